The summed E-state index contributed by atoms with van der Waals surface area (Å²) in [6.45, 7) is 1.69. The first kappa shape index (κ1) is 14.5. The van der Waals surface area contributed by atoms with Gasteiger partial charge in [-0.1, -0.05) is 12.1 Å². The zero-order valence-corrected chi connectivity index (χ0v) is 11.8. The standard InChI is InChI=1S/C14H15NO4S/c1-11(16)12-4-6-14(7-5-12)20(17,18)15-9-8-13-3-2-10-19-13/h2-7,10,15H,8-9H2,1H3. The fraction of sp³-hybridized carbons (Fsp3) is 0.214. The lowest BCUT2D eigenvalue weighted by atomic mass is 10.2. The molecule has 1 aromatic heterocycles. The van der Waals surface area contributed by atoms with Crippen molar-refractivity contribution in [2.24, 2.45) is 0 Å². The summed E-state index contributed by atoms with van der Waals surface area (Å²) < 4.78 is 31.6. The van der Waals surface area contributed by atoms with E-state index in [-0.39, 0.29) is 17.2 Å². The van der Waals surface area contributed by atoms with Crippen LogP contribution in [-0.2, 0) is 16.4 Å². The van der Waals surface area contributed by atoms with E-state index in [1.54, 1.807) is 18.4 Å². The van der Waals surface area contributed by atoms with Crippen LogP contribution in [0, 0.1) is 0 Å². The van der Waals surface area contributed by atoms with E-state index < -0.39 is 10.0 Å². The Kier molecular flexibility index (Phi) is 4.36. The molecule has 1 heterocycles. The van der Waals surface area contributed by atoms with Gasteiger partial charge in [-0.05, 0) is 31.2 Å². The SMILES string of the molecule is CC(=O)c1ccc(S(=O)(=O)NCCc2ccco2)cc1. The summed E-state index contributed by atoms with van der Waals surface area (Å²) in [7, 11) is -3.56. The van der Waals surface area contributed by atoms with E-state index in [9.17, 15) is 13.2 Å². The average Bonchev–Trinajstić information content (AvgIpc) is 2.92. The Morgan fingerprint density at radius 1 is 1.20 bits per heavy atom. The smallest absolute Gasteiger partial charge is 0.240 e. The van der Waals surface area contributed by atoms with Crippen LogP contribution in [0.2, 0.25) is 0 Å². The Labute approximate surface area is 117 Å². The normalized spacial score (nSPS) is 11.4. The van der Waals surface area contributed by atoms with Crippen molar-refractivity contribution in [2.45, 2.75) is 18.2 Å². The molecule has 0 unspecified atom stereocenters. The number of carbonyl (C=O) groups is 1. The van der Waals surface area contributed by atoms with E-state index in [0.717, 1.165) is 5.76 Å². The van der Waals surface area contributed by atoms with E-state index in [2.05, 4.69) is 4.72 Å². The minimum atomic E-state index is -3.56. The molecule has 2 rings (SSSR count). The summed E-state index contributed by atoms with van der Waals surface area (Å²) in [5, 5.41) is 0. The first-order valence-corrected chi connectivity index (χ1v) is 7.60. The van der Waals surface area contributed by atoms with Gasteiger partial charge in [-0.3, -0.25) is 4.79 Å². The molecule has 106 valence electrons. The largest absolute Gasteiger partial charge is 0.469 e. The summed E-state index contributed by atoms with van der Waals surface area (Å²) in [5.74, 6) is 0.624. The molecule has 5 nitrogen and oxygen atoms in total. The van der Waals surface area contributed by atoms with E-state index >= 15 is 0 Å². The Bertz CT molecular complexity index is 672. The quantitative estimate of drug-likeness (QED) is 0.826. The first-order valence-electron chi connectivity index (χ1n) is 6.12. The third-order valence-corrected chi connectivity index (χ3v) is 4.29. The summed E-state index contributed by atoms with van der Waals surface area (Å²) in [4.78, 5) is 11.3. The fourth-order valence-electron chi connectivity index (χ4n) is 1.72. The van der Waals surface area contributed by atoms with Crippen molar-refractivity contribution in [1.82, 2.24) is 4.72 Å². The monoisotopic (exact) mass is 293 g/mol. The predicted octanol–water partition coefficient (Wildman–Crippen LogP) is 2.00. The Morgan fingerprint density at radius 3 is 2.45 bits per heavy atom. The molecule has 1 N–H and O–H groups in total. The Balaban J connectivity index is 2.00. The van der Waals surface area contributed by atoms with Crippen LogP contribution in [-0.4, -0.2) is 20.7 Å². The van der Waals surface area contributed by atoms with Crippen LogP contribution in [0.3, 0.4) is 0 Å². The van der Waals surface area contributed by atoms with Crippen molar-refractivity contribution in [2.75, 3.05) is 6.54 Å². The van der Waals surface area contributed by atoms with Crippen LogP contribution in [0.15, 0.2) is 52.0 Å². The highest BCUT2D eigenvalue weighted by atomic mass is 32.2. The third-order valence-electron chi connectivity index (χ3n) is 2.81. The number of rotatable bonds is 6. The van der Waals surface area contributed by atoms with Crippen molar-refractivity contribution < 1.29 is 17.6 Å². The second kappa shape index (κ2) is 6.02. The number of furan rings is 1. The van der Waals surface area contributed by atoms with Crippen molar-refractivity contribution in [1.29, 1.82) is 0 Å². The highest BCUT2D eigenvalue weighted by molar-refractivity contribution is 7.89. The second-order valence-corrected chi connectivity index (χ2v) is 6.07. The average molecular weight is 293 g/mol. The maximum absolute atomic E-state index is 12.0. The van der Waals surface area contributed by atoms with Gasteiger partial charge in [0.1, 0.15) is 5.76 Å². The summed E-state index contributed by atoms with van der Waals surface area (Å²) >= 11 is 0. The molecule has 0 bridgehead atoms. The number of ketones is 1. The number of carbonyl (C=O) groups excluding carboxylic acids is 1. The zero-order chi connectivity index (χ0) is 14.6. The lowest BCUT2D eigenvalue weighted by Crippen LogP contribution is -2.25. The highest BCUT2D eigenvalue weighted by Gasteiger charge is 2.13. The Hall–Kier alpha value is -1.92. The molecular weight excluding hydrogens is 278 g/mol. The van der Waals surface area contributed by atoms with E-state index in [4.69, 9.17) is 4.42 Å². The van der Waals surface area contributed by atoms with Gasteiger partial charge >= 0.3 is 0 Å². The van der Waals surface area contributed by atoms with Crippen molar-refractivity contribution in [3.63, 3.8) is 0 Å². The molecule has 0 amide bonds. The molecule has 0 aliphatic carbocycles. The van der Waals surface area contributed by atoms with E-state index in [1.807, 2.05) is 0 Å². The highest BCUT2D eigenvalue weighted by Crippen LogP contribution is 2.11. The zero-order valence-electron chi connectivity index (χ0n) is 11.0. The minimum absolute atomic E-state index is 0.0975. The van der Waals surface area contributed by atoms with Gasteiger partial charge in [0.15, 0.2) is 5.78 Å². The van der Waals surface area contributed by atoms with Crippen LogP contribution < -0.4 is 4.72 Å². The van der Waals surface area contributed by atoms with Crippen LogP contribution in [0.4, 0.5) is 0 Å². The minimum Gasteiger partial charge on any atom is -0.469 e. The summed E-state index contributed by atoms with van der Waals surface area (Å²) in [5.41, 5.74) is 0.486. The second-order valence-electron chi connectivity index (χ2n) is 4.31. The fourth-order valence-corrected chi connectivity index (χ4v) is 2.75. The van der Waals surface area contributed by atoms with Gasteiger partial charge in [-0.2, -0.15) is 0 Å². The number of sulfonamides is 1. The molecule has 0 aliphatic rings. The van der Waals surface area contributed by atoms with Crippen molar-refractivity contribution in [3.8, 4) is 0 Å². The molecule has 0 saturated heterocycles. The molecule has 6 heteroatoms. The number of hydrogen-bond acceptors (Lipinski definition) is 4. The van der Waals surface area contributed by atoms with Crippen LogP contribution in [0.25, 0.3) is 0 Å². The number of benzene rings is 1. The van der Waals surface area contributed by atoms with Gasteiger partial charge in [0.25, 0.3) is 0 Å². The van der Waals surface area contributed by atoms with Crippen molar-refractivity contribution >= 4 is 15.8 Å². The maximum atomic E-state index is 12.0. The molecule has 2 aromatic rings. The van der Waals surface area contributed by atoms with Gasteiger partial charge in [-0.25, -0.2) is 13.1 Å². The lowest BCUT2D eigenvalue weighted by molar-refractivity contribution is 0.101. The predicted molar refractivity (Wildman–Crippen MR) is 74.0 cm³/mol. The number of nitrogens with one attached hydrogen (secondary N) is 1. The van der Waals surface area contributed by atoms with Gasteiger partial charge in [-0.15, -0.1) is 0 Å². The molecule has 1 aromatic carbocycles. The molecule has 20 heavy (non-hydrogen) atoms. The van der Waals surface area contributed by atoms with Gasteiger partial charge in [0.05, 0.1) is 11.2 Å². The summed E-state index contributed by atoms with van der Waals surface area (Å²) in [6, 6.07) is 9.39. The van der Waals surface area contributed by atoms with Gasteiger partial charge < -0.3 is 4.42 Å². The van der Waals surface area contributed by atoms with Crippen LogP contribution >= 0.6 is 0 Å². The molecule has 0 saturated carbocycles. The van der Waals surface area contributed by atoms with Gasteiger partial charge in [0.2, 0.25) is 10.0 Å². The van der Waals surface area contributed by atoms with Crippen molar-refractivity contribution in [3.05, 3.63) is 54.0 Å². The van der Waals surface area contributed by atoms with E-state index in [0.29, 0.717) is 12.0 Å². The van der Waals surface area contributed by atoms with E-state index in [1.165, 1.54) is 31.2 Å². The van der Waals surface area contributed by atoms with Gasteiger partial charge in [0, 0.05) is 18.5 Å². The molecule has 0 spiro atoms. The first-order chi connectivity index (χ1) is 9.49. The van der Waals surface area contributed by atoms with Crippen LogP contribution in [0.5, 0.6) is 0 Å². The lowest BCUT2D eigenvalue weighted by Gasteiger charge is -2.06. The molecular formula is C14H15NO4S. The maximum Gasteiger partial charge on any atom is 0.240 e. The molecule has 0 atom stereocenters. The topological polar surface area (TPSA) is 76.4 Å². The Morgan fingerprint density at radius 2 is 1.90 bits per heavy atom. The molecule has 0 radical (unpaired) electrons. The summed E-state index contributed by atoms with van der Waals surface area (Å²) in [6.07, 6.45) is 2.03. The molecule has 0 aliphatic heterocycles. The number of hydrogen-bond donors (Lipinski definition) is 1. The molecule has 0 fully saturated rings. The van der Waals surface area contributed by atoms with Crippen LogP contribution in [0.1, 0.15) is 23.0 Å². The number of Topliss-reactive ketones (excluding diaryl/α,β-unsaturated/α-hetero) is 1. The third kappa shape index (κ3) is 3.55.